The summed E-state index contributed by atoms with van der Waals surface area (Å²) in [7, 11) is 0. The lowest BCUT2D eigenvalue weighted by Crippen LogP contribution is -2.24. The number of aromatic nitrogens is 2. The van der Waals surface area contributed by atoms with Crippen molar-refractivity contribution in [3.63, 3.8) is 0 Å². The van der Waals surface area contributed by atoms with Crippen LogP contribution >= 0.6 is 0 Å². The van der Waals surface area contributed by atoms with Gasteiger partial charge in [-0.15, -0.1) is 0 Å². The summed E-state index contributed by atoms with van der Waals surface area (Å²) in [5, 5.41) is 15.6. The summed E-state index contributed by atoms with van der Waals surface area (Å²) < 4.78 is 1.19. The Morgan fingerprint density at radius 2 is 2.10 bits per heavy atom. The van der Waals surface area contributed by atoms with Crippen molar-refractivity contribution in [3.8, 4) is 0 Å². The van der Waals surface area contributed by atoms with Crippen LogP contribution in [0.15, 0.2) is 36.5 Å². The van der Waals surface area contributed by atoms with Gasteiger partial charge in [-0.3, -0.25) is 4.79 Å². The van der Waals surface area contributed by atoms with Gasteiger partial charge in [-0.05, 0) is 37.6 Å². The van der Waals surface area contributed by atoms with Gasteiger partial charge in [0.25, 0.3) is 5.91 Å². The number of aliphatic carboxylic acids is 1. The van der Waals surface area contributed by atoms with Gasteiger partial charge in [0.2, 0.25) is 0 Å². The number of hydrogen-bond donors (Lipinski definition) is 2. The monoisotopic (exact) mass is 273 g/mol. The van der Waals surface area contributed by atoms with Crippen LogP contribution in [0.1, 0.15) is 29.0 Å². The van der Waals surface area contributed by atoms with Crippen LogP contribution in [0.25, 0.3) is 0 Å². The summed E-state index contributed by atoms with van der Waals surface area (Å²) in [6.45, 7) is 3.39. The van der Waals surface area contributed by atoms with Gasteiger partial charge in [-0.1, -0.05) is 12.1 Å². The van der Waals surface area contributed by atoms with Crippen molar-refractivity contribution in [2.45, 2.75) is 19.9 Å². The molecule has 6 heteroatoms. The molecule has 1 atom stereocenters. The van der Waals surface area contributed by atoms with E-state index in [1.54, 1.807) is 6.07 Å². The highest BCUT2D eigenvalue weighted by molar-refractivity contribution is 6.03. The number of carboxylic acids is 1. The highest BCUT2D eigenvalue weighted by Gasteiger charge is 2.20. The van der Waals surface area contributed by atoms with E-state index in [1.165, 1.54) is 23.9 Å². The maximum atomic E-state index is 12.2. The summed E-state index contributed by atoms with van der Waals surface area (Å²) in [5.41, 5.74) is 1.89. The van der Waals surface area contributed by atoms with Crippen LogP contribution in [0.3, 0.4) is 0 Å². The second kappa shape index (κ2) is 5.56. The number of carbonyl (C=O) groups excluding carboxylic acids is 1. The lowest BCUT2D eigenvalue weighted by molar-refractivity contribution is -0.140. The normalized spacial score (nSPS) is 11.9. The molecule has 1 heterocycles. The Morgan fingerprint density at radius 1 is 1.35 bits per heavy atom. The first-order chi connectivity index (χ1) is 9.49. The fraction of sp³-hybridized carbons (Fsp3) is 0.214. The maximum absolute atomic E-state index is 12.2. The Morgan fingerprint density at radius 3 is 2.75 bits per heavy atom. The second-order valence-electron chi connectivity index (χ2n) is 4.50. The number of carbonyl (C=O) groups is 2. The van der Waals surface area contributed by atoms with E-state index in [4.69, 9.17) is 5.11 Å². The molecule has 0 aliphatic rings. The van der Waals surface area contributed by atoms with Crippen molar-refractivity contribution in [2.24, 2.45) is 0 Å². The van der Waals surface area contributed by atoms with E-state index in [2.05, 4.69) is 10.4 Å². The first-order valence-corrected chi connectivity index (χ1v) is 6.13. The quantitative estimate of drug-likeness (QED) is 0.893. The molecular weight excluding hydrogens is 258 g/mol. The molecule has 2 rings (SSSR count). The number of rotatable bonds is 4. The van der Waals surface area contributed by atoms with Crippen molar-refractivity contribution >= 4 is 17.6 Å². The largest absolute Gasteiger partial charge is 0.480 e. The number of nitrogens with one attached hydrogen (secondary N) is 1. The van der Waals surface area contributed by atoms with Gasteiger partial charge >= 0.3 is 5.97 Å². The average Bonchev–Trinajstić information content (AvgIpc) is 2.86. The Hall–Kier alpha value is -2.63. The van der Waals surface area contributed by atoms with Crippen LogP contribution in [0, 0.1) is 6.92 Å². The molecule has 0 aliphatic carbocycles. The van der Waals surface area contributed by atoms with Crippen LogP contribution < -0.4 is 5.32 Å². The van der Waals surface area contributed by atoms with Crippen LogP contribution in [0.4, 0.5) is 5.69 Å². The van der Waals surface area contributed by atoms with Crippen molar-refractivity contribution in [1.82, 2.24) is 9.78 Å². The number of anilines is 1. The van der Waals surface area contributed by atoms with E-state index in [9.17, 15) is 9.59 Å². The average molecular weight is 273 g/mol. The lowest BCUT2D eigenvalue weighted by Gasteiger charge is -2.11. The number of nitrogens with zero attached hydrogens (tertiary/aromatic N) is 2. The standard InChI is InChI=1S/C14H15N3O3/c1-9-4-3-5-11(8-9)16-13(18)12-6-7-15-17(12)10(2)14(19)20/h3-8,10H,1-2H3,(H,16,18)(H,19,20). The molecule has 0 radical (unpaired) electrons. The summed E-state index contributed by atoms with van der Waals surface area (Å²) in [6.07, 6.45) is 1.41. The lowest BCUT2D eigenvalue weighted by atomic mass is 10.2. The first-order valence-electron chi connectivity index (χ1n) is 6.13. The van der Waals surface area contributed by atoms with Crippen LogP contribution in [0.5, 0.6) is 0 Å². The van der Waals surface area contributed by atoms with Crippen LogP contribution in [-0.2, 0) is 4.79 Å². The molecule has 1 aromatic heterocycles. The Kier molecular flexibility index (Phi) is 3.84. The van der Waals surface area contributed by atoms with Crippen LogP contribution in [0.2, 0.25) is 0 Å². The molecule has 2 N–H and O–H groups in total. The number of carboxylic acid groups (broad SMARTS) is 1. The SMILES string of the molecule is Cc1cccc(NC(=O)c2ccnn2C(C)C(=O)O)c1. The number of hydrogen-bond acceptors (Lipinski definition) is 3. The minimum absolute atomic E-state index is 0.210. The van der Waals surface area contributed by atoms with Crippen molar-refractivity contribution in [2.75, 3.05) is 5.32 Å². The van der Waals surface area contributed by atoms with Gasteiger partial charge < -0.3 is 10.4 Å². The highest BCUT2D eigenvalue weighted by Crippen LogP contribution is 2.14. The molecule has 0 saturated heterocycles. The molecule has 1 amide bonds. The second-order valence-corrected chi connectivity index (χ2v) is 4.50. The minimum atomic E-state index is -1.04. The first kappa shape index (κ1) is 13.8. The number of amides is 1. The fourth-order valence-corrected chi connectivity index (χ4v) is 1.83. The Bertz CT molecular complexity index is 649. The molecule has 104 valence electrons. The molecular formula is C14H15N3O3. The smallest absolute Gasteiger partial charge is 0.328 e. The highest BCUT2D eigenvalue weighted by atomic mass is 16.4. The predicted molar refractivity (Wildman–Crippen MR) is 73.7 cm³/mol. The van der Waals surface area contributed by atoms with E-state index >= 15 is 0 Å². The van der Waals surface area contributed by atoms with E-state index in [-0.39, 0.29) is 11.6 Å². The van der Waals surface area contributed by atoms with Crippen molar-refractivity contribution in [1.29, 1.82) is 0 Å². The van der Waals surface area contributed by atoms with E-state index in [0.717, 1.165) is 5.56 Å². The van der Waals surface area contributed by atoms with Gasteiger partial charge in [0.05, 0.1) is 0 Å². The third-order valence-electron chi connectivity index (χ3n) is 2.90. The van der Waals surface area contributed by atoms with Gasteiger partial charge in [0, 0.05) is 11.9 Å². The summed E-state index contributed by atoms with van der Waals surface area (Å²) in [6, 6.07) is 7.95. The summed E-state index contributed by atoms with van der Waals surface area (Å²) >= 11 is 0. The molecule has 2 aromatic rings. The molecule has 1 unspecified atom stereocenters. The van der Waals surface area contributed by atoms with Gasteiger partial charge in [0.15, 0.2) is 0 Å². The van der Waals surface area contributed by atoms with Crippen molar-refractivity contribution in [3.05, 3.63) is 47.8 Å². The molecule has 0 aliphatic heterocycles. The molecule has 6 nitrogen and oxygen atoms in total. The third-order valence-corrected chi connectivity index (χ3v) is 2.90. The molecule has 1 aromatic carbocycles. The molecule has 0 spiro atoms. The van der Waals surface area contributed by atoms with Crippen LogP contribution in [-0.4, -0.2) is 26.8 Å². The Balaban J connectivity index is 2.22. The van der Waals surface area contributed by atoms with Gasteiger partial charge in [-0.25, -0.2) is 9.48 Å². The molecule has 0 bridgehead atoms. The fourth-order valence-electron chi connectivity index (χ4n) is 1.83. The summed E-state index contributed by atoms with van der Waals surface area (Å²) in [4.78, 5) is 23.2. The van der Waals surface area contributed by atoms with E-state index < -0.39 is 12.0 Å². The Labute approximate surface area is 116 Å². The van der Waals surface area contributed by atoms with E-state index in [1.807, 2.05) is 25.1 Å². The number of aryl methyl sites for hydroxylation is 1. The zero-order valence-corrected chi connectivity index (χ0v) is 11.2. The van der Waals surface area contributed by atoms with E-state index in [0.29, 0.717) is 5.69 Å². The zero-order valence-electron chi connectivity index (χ0n) is 11.2. The summed E-state index contributed by atoms with van der Waals surface area (Å²) in [5.74, 6) is -1.43. The maximum Gasteiger partial charge on any atom is 0.328 e. The van der Waals surface area contributed by atoms with Crippen molar-refractivity contribution < 1.29 is 14.7 Å². The zero-order chi connectivity index (χ0) is 14.7. The third kappa shape index (κ3) is 2.85. The number of benzene rings is 1. The molecule has 0 fully saturated rings. The van der Waals surface area contributed by atoms with Gasteiger partial charge in [0.1, 0.15) is 11.7 Å². The topological polar surface area (TPSA) is 84.2 Å². The predicted octanol–water partition coefficient (Wildman–Crippen LogP) is 2.09. The minimum Gasteiger partial charge on any atom is -0.480 e. The molecule has 20 heavy (non-hydrogen) atoms. The molecule has 0 saturated carbocycles. The van der Waals surface area contributed by atoms with Gasteiger partial charge in [-0.2, -0.15) is 5.10 Å².